The molecule has 1 aromatic rings. The normalized spacial score (nSPS) is 28.9. The SMILES string of the molecule is C=CCC(O)(C(=O)O)[N+]1([O-])CC(NC(=O)Cc2ccccc2)C1SCC(=O)C1CCCO1. The highest BCUT2D eigenvalue weighted by atomic mass is 32.2. The van der Waals surface area contributed by atoms with Gasteiger partial charge in [0.25, 0.3) is 0 Å². The topological polar surface area (TPSA) is 136 Å². The number of hydroxylamine groups is 3. The number of Topliss-reactive ketones (excluding diaryl/α,β-unsaturated/α-hetero) is 1. The smallest absolute Gasteiger partial charge is 0.396 e. The monoisotopic (exact) mass is 464 g/mol. The summed E-state index contributed by atoms with van der Waals surface area (Å²) >= 11 is 0.949. The number of carboxylic acid groups (broad SMARTS) is 1. The number of likely N-dealkylation sites (tertiary alicyclic amines) is 1. The third-order valence-corrected chi connectivity index (χ3v) is 7.32. The second-order valence-electron chi connectivity index (χ2n) is 8.10. The van der Waals surface area contributed by atoms with E-state index in [1.54, 1.807) is 12.1 Å². The molecule has 3 N–H and O–H groups in total. The quantitative estimate of drug-likeness (QED) is 0.252. The predicted octanol–water partition coefficient (Wildman–Crippen LogP) is 1.20. The average Bonchev–Trinajstić information content (AvgIpc) is 3.28. The zero-order valence-electron chi connectivity index (χ0n) is 17.6. The van der Waals surface area contributed by atoms with E-state index in [0.29, 0.717) is 13.0 Å². The lowest BCUT2D eigenvalue weighted by molar-refractivity contribution is -0.992. The van der Waals surface area contributed by atoms with Gasteiger partial charge in [0.2, 0.25) is 5.91 Å². The molecule has 0 bridgehead atoms. The third-order valence-electron chi connectivity index (χ3n) is 5.86. The minimum atomic E-state index is -2.66. The number of carboxylic acids is 1. The predicted molar refractivity (Wildman–Crippen MR) is 118 cm³/mol. The van der Waals surface area contributed by atoms with Crippen molar-refractivity contribution in [2.24, 2.45) is 0 Å². The fourth-order valence-corrected chi connectivity index (χ4v) is 5.50. The van der Waals surface area contributed by atoms with Crippen LogP contribution in [0.25, 0.3) is 0 Å². The molecular weight excluding hydrogens is 436 g/mol. The van der Waals surface area contributed by atoms with Crippen LogP contribution in [0.2, 0.25) is 0 Å². The van der Waals surface area contributed by atoms with Crippen molar-refractivity contribution in [2.75, 3.05) is 18.9 Å². The molecule has 0 saturated carbocycles. The number of ketones is 1. The van der Waals surface area contributed by atoms with Crippen molar-refractivity contribution in [3.8, 4) is 0 Å². The number of thioether (sulfide) groups is 1. The molecule has 2 saturated heterocycles. The maximum atomic E-state index is 13.6. The number of ether oxygens (including phenoxy) is 1. The van der Waals surface area contributed by atoms with E-state index in [0.717, 1.165) is 23.7 Å². The van der Waals surface area contributed by atoms with E-state index in [2.05, 4.69) is 11.9 Å². The number of carbonyl (C=O) groups is 3. The molecule has 2 aliphatic heterocycles. The van der Waals surface area contributed by atoms with Gasteiger partial charge in [0.15, 0.2) is 11.2 Å². The maximum Gasteiger partial charge on any atom is 0.396 e. The van der Waals surface area contributed by atoms with E-state index in [1.165, 1.54) is 6.08 Å². The van der Waals surface area contributed by atoms with Crippen LogP contribution in [0.15, 0.2) is 43.0 Å². The second kappa shape index (κ2) is 10.1. The Morgan fingerprint density at radius 1 is 1.34 bits per heavy atom. The van der Waals surface area contributed by atoms with Gasteiger partial charge in [-0.25, -0.2) is 4.79 Å². The standard InChI is InChI=1S/C22H28N2O7S/c1-2-10-22(29,21(27)28)24(30)13-16(23-19(26)12-15-7-4-3-5-8-15)20(24)32-14-17(25)18-9-6-11-31-18/h2-5,7-8,16,18,20,29H,1,6,9-14H2,(H,23,26)(H,27,28). The number of benzene rings is 1. The lowest BCUT2D eigenvalue weighted by atomic mass is 9.97. The molecule has 0 radical (unpaired) electrons. The minimum Gasteiger partial charge on any atom is -0.629 e. The first-order valence-electron chi connectivity index (χ1n) is 10.5. The van der Waals surface area contributed by atoms with E-state index in [1.807, 2.05) is 18.2 Å². The van der Waals surface area contributed by atoms with Crippen LogP contribution < -0.4 is 5.32 Å². The molecule has 32 heavy (non-hydrogen) atoms. The van der Waals surface area contributed by atoms with Gasteiger partial charge in [0, 0.05) is 6.61 Å². The summed E-state index contributed by atoms with van der Waals surface area (Å²) in [5.41, 5.74) is -1.87. The van der Waals surface area contributed by atoms with Crippen LogP contribution in [-0.4, -0.2) is 74.7 Å². The molecule has 5 unspecified atom stereocenters. The summed E-state index contributed by atoms with van der Waals surface area (Å²) in [6.07, 6.45) is 1.66. The highest BCUT2D eigenvalue weighted by molar-refractivity contribution is 8.00. The second-order valence-corrected chi connectivity index (χ2v) is 9.20. The summed E-state index contributed by atoms with van der Waals surface area (Å²) in [6, 6.07) is 8.36. The van der Waals surface area contributed by atoms with Crippen LogP contribution >= 0.6 is 11.8 Å². The van der Waals surface area contributed by atoms with Gasteiger partial charge < -0.3 is 30.1 Å². The highest BCUT2D eigenvalue weighted by Crippen LogP contribution is 2.44. The van der Waals surface area contributed by atoms with Gasteiger partial charge in [-0.2, -0.15) is 0 Å². The lowest BCUT2D eigenvalue weighted by Crippen LogP contribution is -2.82. The Morgan fingerprint density at radius 3 is 2.66 bits per heavy atom. The van der Waals surface area contributed by atoms with Crippen molar-refractivity contribution in [2.45, 2.75) is 48.9 Å². The summed E-state index contributed by atoms with van der Waals surface area (Å²) in [5, 5.41) is 35.6. The van der Waals surface area contributed by atoms with Gasteiger partial charge in [-0.05, 0) is 18.4 Å². The minimum absolute atomic E-state index is 0.0770. The number of aliphatic hydroxyl groups is 1. The number of rotatable bonds is 11. The van der Waals surface area contributed by atoms with Crippen LogP contribution in [0.1, 0.15) is 24.8 Å². The number of nitrogens with one attached hydrogen (secondary N) is 1. The molecule has 5 atom stereocenters. The van der Waals surface area contributed by atoms with Gasteiger partial charge >= 0.3 is 11.7 Å². The molecule has 0 spiro atoms. The zero-order chi connectivity index (χ0) is 23.4. The molecule has 174 valence electrons. The Bertz CT molecular complexity index is 861. The van der Waals surface area contributed by atoms with E-state index < -0.39 is 40.3 Å². The van der Waals surface area contributed by atoms with Gasteiger partial charge in [0.05, 0.1) is 18.6 Å². The number of hydrogen-bond donors (Lipinski definition) is 3. The Morgan fingerprint density at radius 2 is 2.06 bits per heavy atom. The van der Waals surface area contributed by atoms with Crippen molar-refractivity contribution in [3.05, 3.63) is 53.8 Å². The molecule has 1 aromatic carbocycles. The van der Waals surface area contributed by atoms with E-state index >= 15 is 0 Å². The average molecular weight is 465 g/mol. The Labute approximate surface area is 190 Å². The molecule has 2 aliphatic rings. The molecule has 1 amide bonds. The number of carbonyl (C=O) groups excluding carboxylic acids is 2. The first-order valence-corrected chi connectivity index (χ1v) is 11.5. The number of aliphatic carboxylic acids is 1. The third kappa shape index (κ3) is 4.89. The Hall–Kier alpha value is -2.24. The Balaban J connectivity index is 1.73. The fourth-order valence-electron chi connectivity index (χ4n) is 4.09. The molecule has 2 fully saturated rings. The molecule has 0 aliphatic carbocycles. The Kier molecular flexibility index (Phi) is 7.73. The van der Waals surface area contributed by atoms with E-state index in [4.69, 9.17) is 4.74 Å². The van der Waals surface area contributed by atoms with Crippen molar-refractivity contribution >= 4 is 29.4 Å². The van der Waals surface area contributed by atoms with E-state index in [-0.39, 0.29) is 30.4 Å². The zero-order valence-corrected chi connectivity index (χ0v) is 18.5. The molecule has 2 heterocycles. The number of amides is 1. The maximum absolute atomic E-state index is 13.6. The fraction of sp³-hybridized carbons (Fsp3) is 0.500. The highest BCUT2D eigenvalue weighted by Gasteiger charge is 2.64. The molecule has 3 rings (SSSR count). The van der Waals surface area contributed by atoms with Crippen molar-refractivity contribution in [1.29, 1.82) is 0 Å². The molecular formula is C22H28N2O7S. The van der Waals surface area contributed by atoms with Crippen molar-refractivity contribution in [3.63, 3.8) is 0 Å². The molecule has 10 heteroatoms. The summed E-state index contributed by atoms with van der Waals surface area (Å²) in [6.45, 7) is 3.62. The van der Waals surface area contributed by atoms with Crippen LogP contribution in [0.3, 0.4) is 0 Å². The lowest BCUT2D eigenvalue weighted by Gasteiger charge is -2.64. The van der Waals surface area contributed by atoms with Crippen LogP contribution in [-0.2, 0) is 25.5 Å². The van der Waals surface area contributed by atoms with Crippen molar-refractivity contribution < 1.29 is 34.0 Å². The summed E-state index contributed by atoms with van der Waals surface area (Å²) in [7, 11) is 0. The first-order chi connectivity index (χ1) is 15.2. The van der Waals surface area contributed by atoms with Gasteiger partial charge in [-0.3, -0.25) is 9.59 Å². The van der Waals surface area contributed by atoms with E-state index in [9.17, 15) is 29.8 Å². The number of quaternary nitrogens is 1. The molecule has 0 aromatic heterocycles. The van der Waals surface area contributed by atoms with Gasteiger partial charge in [0.1, 0.15) is 18.7 Å². The number of nitrogens with zero attached hydrogens (tertiary/aromatic N) is 1. The number of hydrogen-bond acceptors (Lipinski definition) is 7. The van der Waals surface area contributed by atoms with Crippen molar-refractivity contribution in [1.82, 2.24) is 5.32 Å². The summed E-state index contributed by atoms with van der Waals surface area (Å²) in [4.78, 5) is 36.8. The first kappa shape index (κ1) is 24.4. The van der Waals surface area contributed by atoms with Gasteiger partial charge in [-0.15, -0.1) is 6.58 Å². The van der Waals surface area contributed by atoms with Crippen LogP contribution in [0.5, 0.6) is 0 Å². The molecule has 9 nitrogen and oxygen atoms in total. The largest absolute Gasteiger partial charge is 0.629 e. The van der Waals surface area contributed by atoms with Crippen LogP contribution in [0.4, 0.5) is 0 Å². The summed E-state index contributed by atoms with van der Waals surface area (Å²) in [5.74, 6) is -2.27. The van der Waals surface area contributed by atoms with Crippen LogP contribution in [0, 0.1) is 5.21 Å². The van der Waals surface area contributed by atoms with Gasteiger partial charge in [-0.1, -0.05) is 48.2 Å². The summed E-state index contributed by atoms with van der Waals surface area (Å²) < 4.78 is 3.90.